The van der Waals surface area contributed by atoms with E-state index in [1.807, 2.05) is 6.92 Å². The van der Waals surface area contributed by atoms with Crippen molar-refractivity contribution in [3.63, 3.8) is 0 Å². The van der Waals surface area contributed by atoms with Crippen molar-refractivity contribution in [3.8, 4) is 11.4 Å². The highest BCUT2D eigenvalue weighted by atomic mass is 32.2. The van der Waals surface area contributed by atoms with E-state index in [1.54, 1.807) is 6.08 Å². The van der Waals surface area contributed by atoms with Gasteiger partial charge in [0.15, 0.2) is 5.82 Å². The Bertz CT molecular complexity index is 1380. The average Bonchev–Trinajstić information content (AvgIpc) is 3.57. The van der Waals surface area contributed by atoms with Gasteiger partial charge in [-0.2, -0.15) is 13.2 Å². The molecule has 3 aliphatic rings. The molecule has 0 spiro atoms. The second-order valence-corrected chi connectivity index (χ2v) is 13.8. The number of carbonyl (C=O) groups excluding carboxylic acids is 2. The number of hydrogen-bond acceptors (Lipinski definition) is 7. The average molecular weight is 606 g/mol. The Morgan fingerprint density at radius 3 is 2.71 bits per heavy atom. The Morgan fingerprint density at radius 2 is 2.02 bits per heavy atom. The third kappa shape index (κ3) is 5.00. The van der Waals surface area contributed by atoms with Crippen molar-refractivity contribution in [2.24, 2.45) is 34.0 Å². The number of aliphatic hydroxyl groups is 1. The summed E-state index contributed by atoms with van der Waals surface area (Å²) in [6, 6.07) is 4.76. The van der Waals surface area contributed by atoms with E-state index in [2.05, 4.69) is 42.5 Å². The minimum atomic E-state index is -4.49. The molecule has 2 N–H and O–H groups in total. The van der Waals surface area contributed by atoms with Crippen LogP contribution in [0.3, 0.4) is 0 Å². The van der Waals surface area contributed by atoms with Gasteiger partial charge in [-0.05, 0) is 55.1 Å². The lowest BCUT2D eigenvalue weighted by atomic mass is 9.44. The monoisotopic (exact) mass is 605 g/mol. The standard InChI is InChI=1S/C31H38F3N3O4S/c1-6-28(4)15-22(29(5)17(2)10-12-30(18(3)25(28)40)13-11-21(38)24(29)30)41-23(39)16-42-27-35-26(36-37-27)19-8-7-9-20(14-19)31(32,33)34/h6-9,14,17-18,22,24-25,40H,1,10-13,15-16H2,2-5H3,(H,35,36,37)/t17-,18+,22-,24+,25+,28-,29+,30+/m1/s1. The molecule has 3 fully saturated rings. The molecule has 1 aromatic carbocycles. The summed E-state index contributed by atoms with van der Waals surface area (Å²) in [4.78, 5) is 31.1. The molecule has 0 radical (unpaired) electrons. The second-order valence-electron chi connectivity index (χ2n) is 12.9. The van der Waals surface area contributed by atoms with Crippen LogP contribution in [0.15, 0.2) is 42.1 Å². The third-order valence-electron chi connectivity index (χ3n) is 10.8. The number of benzene rings is 1. The number of thioether (sulfide) groups is 1. The topological polar surface area (TPSA) is 105 Å². The summed E-state index contributed by atoms with van der Waals surface area (Å²) >= 11 is 1.01. The Labute approximate surface area is 248 Å². The Hall–Kier alpha value is -2.66. The van der Waals surface area contributed by atoms with Gasteiger partial charge < -0.3 is 9.84 Å². The summed E-state index contributed by atoms with van der Waals surface area (Å²) in [5, 5.41) is 18.5. The maximum absolute atomic E-state index is 13.5. The molecule has 5 rings (SSSR count). The maximum atomic E-state index is 13.5. The van der Waals surface area contributed by atoms with Gasteiger partial charge >= 0.3 is 12.1 Å². The van der Waals surface area contributed by atoms with Gasteiger partial charge in [0.2, 0.25) is 5.16 Å². The Morgan fingerprint density at radius 1 is 1.29 bits per heavy atom. The number of ether oxygens (including phenoxy) is 1. The number of nitrogens with zero attached hydrogens (tertiary/aromatic N) is 2. The maximum Gasteiger partial charge on any atom is 0.416 e. The molecule has 228 valence electrons. The fourth-order valence-electron chi connectivity index (χ4n) is 8.10. The zero-order chi connectivity index (χ0) is 30.7. The van der Waals surface area contributed by atoms with E-state index in [9.17, 15) is 27.9 Å². The van der Waals surface area contributed by atoms with Crippen molar-refractivity contribution in [2.45, 2.75) is 83.3 Å². The van der Waals surface area contributed by atoms with Crippen LogP contribution in [0.4, 0.5) is 13.2 Å². The molecule has 0 saturated heterocycles. The lowest BCUT2D eigenvalue weighted by molar-refractivity contribution is -0.205. The van der Waals surface area contributed by atoms with E-state index in [-0.39, 0.29) is 51.2 Å². The van der Waals surface area contributed by atoms with Crippen molar-refractivity contribution in [1.29, 1.82) is 0 Å². The number of esters is 1. The number of rotatable bonds is 6. The largest absolute Gasteiger partial charge is 0.461 e. The number of Topliss-reactive ketones (excluding diaryl/α,β-unsaturated/α-hetero) is 1. The first-order valence-corrected chi connectivity index (χ1v) is 15.4. The SMILES string of the molecule is C=C[C@]1(C)C[C@@H](OC(=O)CSc2n[nH]c(-c3cccc(C(F)(F)F)c3)n2)[C@]2(C)[C@H](C)CC[C@]3(CCC(=O)[C@H]32)[C@@H](C)[C@@H]1O. The summed E-state index contributed by atoms with van der Waals surface area (Å²) in [7, 11) is 0. The Balaban J connectivity index is 1.37. The summed E-state index contributed by atoms with van der Waals surface area (Å²) in [5.74, 6) is -0.629. The molecule has 3 saturated carbocycles. The van der Waals surface area contributed by atoms with Gasteiger partial charge in [0.05, 0.1) is 17.4 Å². The van der Waals surface area contributed by atoms with Crippen LogP contribution in [0.1, 0.15) is 65.4 Å². The van der Waals surface area contributed by atoms with Crippen molar-refractivity contribution in [3.05, 3.63) is 42.5 Å². The molecule has 1 heterocycles. The molecule has 0 aliphatic heterocycles. The van der Waals surface area contributed by atoms with Gasteiger partial charge in [0.1, 0.15) is 11.9 Å². The van der Waals surface area contributed by atoms with Crippen molar-refractivity contribution >= 4 is 23.5 Å². The molecule has 8 atom stereocenters. The molecule has 42 heavy (non-hydrogen) atoms. The predicted octanol–water partition coefficient (Wildman–Crippen LogP) is 6.49. The van der Waals surface area contributed by atoms with Crippen molar-refractivity contribution in [2.75, 3.05) is 5.75 Å². The second kappa shape index (κ2) is 10.8. The van der Waals surface area contributed by atoms with Crippen LogP contribution in [0.25, 0.3) is 11.4 Å². The first kappa shape index (κ1) is 30.8. The zero-order valence-electron chi connectivity index (χ0n) is 24.3. The molecule has 3 aliphatic carbocycles. The smallest absolute Gasteiger partial charge is 0.416 e. The van der Waals surface area contributed by atoms with Gasteiger partial charge in [-0.15, -0.1) is 11.7 Å². The molecule has 0 unspecified atom stereocenters. The molecule has 2 bridgehead atoms. The summed E-state index contributed by atoms with van der Waals surface area (Å²) in [6.07, 6.45) is -0.876. The van der Waals surface area contributed by atoms with E-state index in [4.69, 9.17) is 4.74 Å². The van der Waals surface area contributed by atoms with Crippen LogP contribution >= 0.6 is 11.8 Å². The van der Waals surface area contributed by atoms with E-state index in [0.29, 0.717) is 12.8 Å². The van der Waals surface area contributed by atoms with E-state index < -0.39 is 40.7 Å². The zero-order valence-corrected chi connectivity index (χ0v) is 25.1. The van der Waals surface area contributed by atoms with E-state index in [0.717, 1.165) is 43.2 Å². The molecule has 11 heteroatoms. The summed E-state index contributed by atoms with van der Waals surface area (Å²) in [5.41, 5.74) is -2.29. The lowest BCUT2D eigenvalue weighted by Crippen LogP contribution is -2.63. The van der Waals surface area contributed by atoms with Crippen LogP contribution in [0.5, 0.6) is 0 Å². The number of carbonyl (C=O) groups is 2. The highest BCUT2D eigenvalue weighted by molar-refractivity contribution is 7.99. The van der Waals surface area contributed by atoms with Crippen molar-refractivity contribution < 1.29 is 32.6 Å². The van der Waals surface area contributed by atoms with Gasteiger partial charge in [-0.1, -0.05) is 57.7 Å². The molecule has 0 amide bonds. The number of aliphatic hydroxyl groups excluding tert-OH is 1. The van der Waals surface area contributed by atoms with Crippen LogP contribution in [-0.4, -0.2) is 50.0 Å². The molecule has 7 nitrogen and oxygen atoms in total. The summed E-state index contributed by atoms with van der Waals surface area (Å²) < 4.78 is 45.6. The van der Waals surface area contributed by atoms with E-state index in [1.165, 1.54) is 12.1 Å². The van der Waals surface area contributed by atoms with Gasteiger partial charge in [0.25, 0.3) is 0 Å². The number of ketones is 1. The van der Waals surface area contributed by atoms with E-state index >= 15 is 0 Å². The first-order chi connectivity index (χ1) is 19.7. The number of nitrogens with one attached hydrogen (secondary N) is 1. The third-order valence-corrected chi connectivity index (χ3v) is 11.6. The minimum Gasteiger partial charge on any atom is -0.461 e. The number of halogens is 3. The van der Waals surface area contributed by atoms with Crippen LogP contribution < -0.4 is 0 Å². The number of aromatic amines is 1. The molecule has 2 aromatic rings. The normalized spacial score (nSPS) is 36.6. The number of aromatic nitrogens is 3. The minimum absolute atomic E-state index is 0.114. The fourth-order valence-corrected chi connectivity index (χ4v) is 8.68. The van der Waals surface area contributed by atoms with Gasteiger partial charge in [-0.25, -0.2) is 4.98 Å². The fraction of sp³-hybridized carbons (Fsp3) is 0.613. The number of alkyl halides is 3. The Kier molecular flexibility index (Phi) is 7.92. The van der Waals surface area contributed by atoms with Crippen LogP contribution in [0, 0.1) is 34.0 Å². The molecular weight excluding hydrogens is 567 g/mol. The predicted molar refractivity (Wildman–Crippen MR) is 152 cm³/mol. The quantitative estimate of drug-likeness (QED) is 0.220. The van der Waals surface area contributed by atoms with Gasteiger partial charge in [0, 0.05) is 28.7 Å². The number of H-pyrrole nitrogens is 1. The highest BCUT2D eigenvalue weighted by Gasteiger charge is 2.68. The number of hydrogen-bond donors (Lipinski definition) is 2. The van der Waals surface area contributed by atoms with Crippen molar-refractivity contribution in [1.82, 2.24) is 15.2 Å². The molecule has 1 aromatic heterocycles. The summed E-state index contributed by atoms with van der Waals surface area (Å²) in [6.45, 7) is 12.2. The van der Waals surface area contributed by atoms with Crippen LogP contribution in [-0.2, 0) is 20.5 Å². The highest BCUT2D eigenvalue weighted by Crippen LogP contribution is 2.68. The first-order valence-electron chi connectivity index (χ1n) is 14.4. The van der Waals surface area contributed by atoms with Gasteiger partial charge in [-0.3, -0.25) is 14.7 Å². The van der Waals surface area contributed by atoms with Crippen LogP contribution in [0.2, 0.25) is 0 Å². The lowest BCUT2D eigenvalue weighted by Gasteiger charge is -2.61. The molecular formula is C31H38F3N3O4S.